The Bertz CT molecular complexity index is 1440. The van der Waals surface area contributed by atoms with Gasteiger partial charge < -0.3 is 19.7 Å². The molecule has 0 radical (unpaired) electrons. The number of hydrogen-bond donors (Lipinski definition) is 1. The molecule has 1 aromatic carbocycles. The van der Waals surface area contributed by atoms with Crippen molar-refractivity contribution in [3.8, 4) is 16.9 Å². The molecule has 0 bridgehead atoms. The van der Waals surface area contributed by atoms with Gasteiger partial charge >= 0.3 is 12.3 Å². The van der Waals surface area contributed by atoms with E-state index < -0.39 is 51.6 Å². The smallest absolute Gasteiger partial charge is 0.410 e. The summed E-state index contributed by atoms with van der Waals surface area (Å²) in [6, 6.07) is -0.203. The quantitative estimate of drug-likeness (QED) is 0.278. The summed E-state index contributed by atoms with van der Waals surface area (Å²) in [5, 5.41) is 5.58. The number of carbonyl (C=O) groups is 1. The number of carbonyl (C=O) groups excluding carboxylic acids is 1. The van der Waals surface area contributed by atoms with Crippen LogP contribution in [0.5, 0.6) is 5.75 Å². The van der Waals surface area contributed by atoms with Crippen LogP contribution in [0.2, 0.25) is 5.15 Å². The number of likely N-dealkylation sites (tertiary alicyclic amines) is 1. The third-order valence-electron chi connectivity index (χ3n) is 7.15. The number of halogens is 6. The highest BCUT2D eigenvalue weighted by Crippen LogP contribution is 2.43. The molecule has 1 amide bonds. The summed E-state index contributed by atoms with van der Waals surface area (Å²) in [5.74, 6) is -2.57. The van der Waals surface area contributed by atoms with Crippen LogP contribution in [0.4, 0.5) is 32.6 Å². The van der Waals surface area contributed by atoms with E-state index in [4.69, 9.17) is 21.1 Å². The number of nitrogens with one attached hydrogen (secondary N) is 1. The molecule has 0 spiro atoms. The van der Waals surface area contributed by atoms with Crippen LogP contribution in [0.1, 0.15) is 40.5 Å². The number of ether oxygens (including phenoxy) is 2. The highest BCUT2D eigenvalue weighted by atomic mass is 35.5. The van der Waals surface area contributed by atoms with Crippen molar-refractivity contribution in [2.45, 2.75) is 64.5 Å². The summed E-state index contributed by atoms with van der Waals surface area (Å²) < 4.78 is 83.3. The van der Waals surface area contributed by atoms with E-state index in [1.807, 2.05) is 0 Å². The van der Waals surface area contributed by atoms with Crippen molar-refractivity contribution >= 4 is 29.3 Å². The zero-order valence-corrected chi connectivity index (χ0v) is 23.4. The van der Waals surface area contributed by atoms with Crippen LogP contribution in [0.15, 0.2) is 18.5 Å². The molecule has 1 N–H and O–H groups in total. The number of amides is 1. The molecule has 222 valence electrons. The van der Waals surface area contributed by atoms with Gasteiger partial charge in [0.25, 0.3) is 5.78 Å². The van der Waals surface area contributed by atoms with Crippen LogP contribution in [0, 0.1) is 23.5 Å². The number of alkyl halides is 3. The highest BCUT2D eigenvalue weighted by molar-refractivity contribution is 6.33. The Morgan fingerprint density at radius 3 is 2.27 bits per heavy atom. The van der Waals surface area contributed by atoms with Crippen molar-refractivity contribution in [2.75, 3.05) is 18.4 Å². The van der Waals surface area contributed by atoms with Crippen LogP contribution < -0.4 is 10.1 Å². The number of benzene rings is 1. The van der Waals surface area contributed by atoms with E-state index in [1.165, 1.54) is 0 Å². The van der Waals surface area contributed by atoms with Crippen molar-refractivity contribution in [2.24, 2.45) is 11.8 Å². The molecule has 2 fully saturated rings. The SMILES string of the molecule is C[C@H](Nc1c(-c2c(F)cc(OC3C[C@@H]4CN(C(=O)OC(C)(C)C)C[C@@H]4C3)cc2F)c(Cl)nc2ncnn12)C(F)(F)F. The average molecular weight is 603 g/mol. The van der Waals surface area contributed by atoms with E-state index in [0.29, 0.717) is 25.9 Å². The Balaban J connectivity index is 1.36. The second-order valence-electron chi connectivity index (χ2n) is 11.4. The predicted molar refractivity (Wildman–Crippen MR) is 139 cm³/mol. The molecule has 1 aliphatic carbocycles. The van der Waals surface area contributed by atoms with Crippen molar-refractivity contribution in [1.29, 1.82) is 0 Å². The van der Waals surface area contributed by atoms with E-state index in [1.54, 1.807) is 25.7 Å². The van der Waals surface area contributed by atoms with Gasteiger partial charge in [0, 0.05) is 25.2 Å². The number of rotatable bonds is 5. The van der Waals surface area contributed by atoms with Crippen LogP contribution in [0.3, 0.4) is 0 Å². The Hall–Kier alpha value is -3.42. The largest absolute Gasteiger partial charge is 0.490 e. The van der Waals surface area contributed by atoms with E-state index in [0.717, 1.165) is 29.9 Å². The minimum Gasteiger partial charge on any atom is -0.490 e. The van der Waals surface area contributed by atoms with Gasteiger partial charge in [0.15, 0.2) is 0 Å². The third-order valence-corrected chi connectivity index (χ3v) is 7.43. The van der Waals surface area contributed by atoms with Gasteiger partial charge in [-0.25, -0.2) is 13.6 Å². The molecule has 3 aromatic rings. The van der Waals surface area contributed by atoms with E-state index in [2.05, 4.69) is 20.4 Å². The molecule has 1 saturated heterocycles. The molecule has 1 saturated carbocycles. The second kappa shape index (κ2) is 10.4. The lowest BCUT2D eigenvalue weighted by Gasteiger charge is -2.25. The normalized spacial score (nSPS) is 21.7. The maximum absolute atomic E-state index is 15.5. The fourth-order valence-electron chi connectivity index (χ4n) is 5.32. The summed E-state index contributed by atoms with van der Waals surface area (Å²) in [6.07, 6.45) is -3.21. The van der Waals surface area contributed by atoms with Crippen LogP contribution >= 0.6 is 11.6 Å². The summed E-state index contributed by atoms with van der Waals surface area (Å²) in [7, 11) is 0. The molecule has 41 heavy (non-hydrogen) atoms. The fraction of sp³-hybridized carbons (Fsp3) is 0.538. The van der Waals surface area contributed by atoms with Crippen LogP contribution in [0.25, 0.3) is 16.9 Å². The predicted octanol–water partition coefficient (Wildman–Crippen LogP) is 6.11. The molecule has 15 heteroatoms. The first kappa shape index (κ1) is 29.1. The molecule has 5 rings (SSSR count). The molecule has 3 heterocycles. The average Bonchev–Trinajstić information content (AvgIpc) is 3.53. The van der Waals surface area contributed by atoms with E-state index in [9.17, 15) is 18.0 Å². The maximum Gasteiger partial charge on any atom is 0.410 e. The number of aromatic nitrogens is 4. The summed E-state index contributed by atoms with van der Waals surface area (Å²) in [5.41, 5.74) is -1.74. The monoisotopic (exact) mass is 602 g/mol. The highest BCUT2D eigenvalue weighted by Gasteiger charge is 2.44. The Morgan fingerprint density at radius 1 is 1.10 bits per heavy atom. The number of nitrogens with zero attached hydrogens (tertiary/aromatic N) is 5. The number of fused-ring (bicyclic) bond motifs is 2. The fourth-order valence-corrected chi connectivity index (χ4v) is 5.58. The van der Waals surface area contributed by atoms with Gasteiger partial charge in [-0.1, -0.05) is 11.6 Å². The molecular formula is C26H28ClF5N6O3. The van der Waals surface area contributed by atoms with Gasteiger partial charge in [-0.05, 0) is 52.4 Å². The second-order valence-corrected chi connectivity index (χ2v) is 11.7. The Morgan fingerprint density at radius 2 is 1.71 bits per heavy atom. The van der Waals surface area contributed by atoms with E-state index in [-0.39, 0.29) is 35.6 Å². The molecule has 9 nitrogen and oxygen atoms in total. The minimum atomic E-state index is -4.68. The molecule has 4 atom stereocenters. The lowest BCUT2D eigenvalue weighted by atomic mass is 10.0. The Kier molecular flexibility index (Phi) is 7.41. The standard InChI is InChI=1S/C26H28ClF5N6O3/c1-12(26(30,31)32)35-22-20(21(27)36-23-33-11-34-38(22)23)19-17(28)7-16(8-18(19)29)40-15-5-13-9-37(10-14(13)6-15)24(39)41-25(2,3)4/h7-8,11-15,35H,5-6,9-10H2,1-4H3/t12-,13-,14+,15?/m0/s1. The first-order valence-electron chi connectivity index (χ1n) is 13.0. The van der Waals surface area contributed by atoms with Gasteiger partial charge in [0.05, 0.1) is 17.2 Å². The Labute approximate surface area is 237 Å². The van der Waals surface area contributed by atoms with Crippen LogP contribution in [-0.2, 0) is 4.74 Å². The lowest BCUT2D eigenvalue weighted by molar-refractivity contribution is -0.138. The van der Waals surface area contributed by atoms with Gasteiger partial charge in [-0.15, -0.1) is 0 Å². The van der Waals surface area contributed by atoms with Crippen molar-refractivity contribution in [1.82, 2.24) is 24.5 Å². The molecular weight excluding hydrogens is 575 g/mol. The van der Waals surface area contributed by atoms with Gasteiger partial charge in [-0.3, -0.25) is 0 Å². The number of anilines is 1. The third kappa shape index (κ3) is 5.97. The summed E-state index contributed by atoms with van der Waals surface area (Å²) in [4.78, 5) is 21.8. The van der Waals surface area contributed by atoms with Crippen molar-refractivity contribution < 1.29 is 36.2 Å². The molecule has 2 aliphatic rings. The topological polar surface area (TPSA) is 93.9 Å². The minimum absolute atomic E-state index is 0.0817. The van der Waals surface area contributed by atoms with E-state index >= 15 is 8.78 Å². The van der Waals surface area contributed by atoms with Gasteiger partial charge in [0.2, 0.25) is 0 Å². The van der Waals surface area contributed by atoms with Crippen LogP contribution in [-0.4, -0.2) is 67.6 Å². The van der Waals surface area contributed by atoms with Crippen molar-refractivity contribution in [3.05, 3.63) is 35.2 Å². The summed E-state index contributed by atoms with van der Waals surface area (Å²) >= 11 is 6.23. The molecule has 2 aromatic heterocycles. The first-order valence-corrected chi connectivity index (χ1v) is 13.3. The molecule has 1 unspecified atom stereocenters. The lowest BCUT2D eigenvalue weighted by Crippen LogP contribution is -2.36. The van der Waals surface area contributed by atoms with Gasteiger partial charge in [0.1, 0.15) is 46.3 Å². The first-order chi connectivity index (χ1) is 19.1. The maximum atomic E-state index is 15.5. The molecule has 1 aliphatic heterocycles. The number of hydrogen-bond acceptors (Lipinski definition) is 7. The van der Waals surface area contributed by atoms with Crippen molar-refractivity contribution in [3.63, 3.8) is 0 Å². The van der Waals surface area contributed by atoms with Gasteiger partial charge in [-0.2, -0.15) is 32.8 Å². The summed E-state index contributed by atoms with van der Waals surface area (Å²) in [6.45, 7) is 7.24. The zero-order valence-electron chi connectivity index (χ0n) is 22.6. The zero-order chi connectivity index (χ0) is 29.9.